The van der Waals surface area contributed by atoms with Crippen LogP contribution in [0.5, 0.6) is 0 Å². The van der Waals surface area contributed by atoms with Crippen LogP contribution < -0.4 is 0 Å². The minimum absolute atomic E-state index is 0.110. The highest BCUT2D eigenvalue weighted by atomic mass is 32.2. The molecule has 1 heterocycles. The summed E-state index contributed by atoms with van der Waals surface area (Å²) in [4.78, 5) is 18.4. The van der Waals surface area contributed by atoms with Crippen molar-refractivity contribution in [3.8, 4) is 11.1 Å². The van der Waals surface area contributed by atoms with Crippen LogP contribution in [0.25, 0.3) is 32.9 Å². The zero-order valence-corrected chi connectivity index (χ0v) is 18.0. The molecule has 0 amide bonds. The van der Waals surface area contributed by atoms with E-state index in [1.807, 2.05) is 49.4 Å². The van der Waals surface area contributed by atoms with Gasteiger partial charge in [-0.2, -0.15) is 0 Å². The molecule has 5 heteroatoms. The molecule has 5 aromatic rings. The standard InChI is InChI=1S/C27H17NO3S/c1-16-11-13-22-21(15-16)24-18-9-5-6-10-19(18)27(29)20-12-14-23(26(28-22)25(20)24)32(30,31)17-7-3-2-4-8-17/h2-15H,1H3. The Morgan fingerprint density at radius 3 is 2.25 bits per heavy atom. The summed E-state index contributed by atoms with van der Waals surface area (Å²) < 4.78 is 27.1. The monoisotopic (exact) mass is 435 g/mol. The molecule has 0 N–H and O–H groups in total. The largest absolute Gasteiger partial charge is 0.289 e. The third-order valence-corrected chi connectivity index (χ3v) is 7.87. The van der Waals surface area contributed by atoms with Gasteiger partial charge in [0.25, 0.3) is 0 Å². The maximum absolute atomic E-state index is 13.6. The molecule has 0 saturated heterocycles. The summed E-state index contributed by atoms with van der Waals surface area (Å²) in [7, 11) is -3.83. The van der Waals surface area contributed by atoms with Crippen LogP contribution in [-0.4, -0.2) is 19.2 Å². The van der Waals surface area contributed by atoms with Crippen molar-refractivity contribution < 1.29 is 13.2 Å². The van der Waals surface area contributed by atoms with Crippen molar-refractivity contribution in [3.63, 3.8) is 0 Å². The van der Waals surface area contributed by atoms with Crippen LogP contribution in [0.2, 0.25) is 0 Å². The van der Waals surface area contributed by atoms with E-state index in [2.05, 4.69) is 0 Å². The number of carbonyl (C=O) groups is 1. The Hall–Kier alpha value is -3.83. The van der Waals surface area contributed by atoms with Gasteiger partial charge in [0, 0.05) is 27.5 Å². The number of rotatable bonds is 2. The van der Waals surface area contributed by atoms with Crippen molar-refractivity contribution in [2.75, 3.05) is 0 Å². The number of pyridine rings is 1. The van der Waals surface area contributed by atoms with Gasteiger partial charge in [0.1, 0.15) is 0 Å². The Labute approximate surface area is 185 Å². The van der Waals surface area contributed by atoms with Gasteiger partial charge >= 0.3 is 0 Å². The summed E-state index contributed by atoms with van der Waals surface area (Å²) in [5, 5.41) is 1.51. The highest BCUT2D eigenvalue weighted by Crippen LogP contribution is 2.45. The van der Waals surface area contributed by atoms with Gasteiger partial charge in [-0.3, -0.25) is 4.79 Å². The number of nitrogens with zero attached hydrogens (tertiary/aromatic N) is 1. The molecule has 154 valence electrons. The lowest BCUT2D eigenvalue weighted by molar-refractivity contribution is 0.104. The smallest absolute Gasteiger partial charge is 0.208 e. The minimum Gasteiger partial charge on any atom is -0.289 e. The first-order valence-corrected chi connectivity index (χ1v) is 11.8. The van der Waals surface area contributed by atoms with E-state index in [0.29, 0.717) is 27.5 Å². The van der Waals surface area contributed by atoms with E-state index in [1.165, 1.54) is 6.07 Å². The van der Waals surface area contributed by atoms with Crippen LogP contribution in [0.3, 0.4) is 0 Å². The third-order valence-electron chi connectivity index (χ3n) is 6.07. The fraction of sp³-hybridized carbons (Fsp3) is 0.0370. The summed E-state index contributed by atoms with van der Waals surface area (Å²) in [6.45, 7) is 2.01. The molecule has 4 aromatic carbocycles. The van der Waals surface area contributed by atoms with Gasteiger partial charge in [-0.15, -0.1) is 0 Å². The molecule has 6 rings (SSSR count). The topological polar surface area (TPSA) is 64.1 Å². The molecule has 0 aliphatic heterocycles. The maximum atomic E-state index is 13.6. The number of hydrogen-bond acceptors (Lipinski definition) is 4. The minimum atomic E-state index is -3.83. The number of aromatic nitrogens is 1. The zero-order chi connectivity index (χ0) is 22.0. The second-order valence-corrected chi connectivity index (χ2v) is 9.95. The van der Waals surface area contributed by atoms with Crippen LogP contribution in [-0.2, 0) is 9.84 Å². The Morgan fingerprint density at radius 1 is 0.750 bits per heavy atom. The predicted octanol–water partition coefficient (Wildman–Crippen LogP) is 5.74. The van der Waals surface area contributed by atoms with Gasteiger partial charge in [-0.25, -0.2) is 13.4 Å². The number of fused-ring (bicyclic) bond motifs is 4. The van der Waals surface area contributed by atoms with Gasteiger partial charge in [-0.1, -0.05) is 54.1 Å². The molecule has 4 nitrogen and oxygen atoms in total. The fourth-order valence-electron chi connectivity index (χ4n) is 4.60. The summed E-state index contributed by atoms with van der Waals surface area (Å²) in [6.07, 6.45) is 0. The summed E-state index contributed by atoms with van der Waals surface area (Å²) in [5.41, 5.74) is 4.88. The number of sulfone groups is 1. The van der Waals surface area contributed by atoms with Crippen LogP contribution in [0.4, 0.5) is 0 Å². The molecule has 0 radical (unpaired) electrons. The van der Waals surface area contributed by atoms with E-state index >= 15 is 0 Å². The SMILES string of the molecule is Cc1ccc2nc3c(S(=O)(=O)c4ccccc4)ccc4c3c(c2c1)-c1ccccc1C4=O. The Balaban J connectivity index is 1.84. The normalized spacial score (nSPS) is 12.8. The predicted molar refractivity (Wildman–Crippen MR) is 125 cm³/mol. The van der Waals surface area contributed by atoms with E-state index in [0.717, 1.165) is 22.1 Å². The van der Waals surface area contributed by atoms with Crippen molar-refractivity contribution in [1.29, 1.82) is 0 Å². The van der Waals surface area contributed by atoms with Crippen molar-refractivity contribution in [1.82, 2.24) is 4.98 Å². The van der Waals surface area contributed by atoms with Gasteiger partial charge < -0.3 is 0 Å². The number of carbonyl (C=O) groups excluding carboxylic acids is 1. The molecule has 32 heavy (non-hydrogen) atoms. The lowest BCUT2D eigenvalue weighted by Gasteiger charge is -2.22. The first-order valence-electron chi connectivity index (χ1n) is 10.3. The number of ketones is 1. The quantitative estimate of drug-likeness (QED) is 0.325. The molecule has 1 aliphatic rings. The van der Waals surface area contributed by atoms with E-state index in [4.69, 9.17) is 4.98 Å². The van der Waals surface area contributed by atoms with Crippen LogP contribution >= 0.6 is 0 Å². The Morgan fingerprint density at radius 2 is 1.47 bits per heavy atom. The number of hydrogen-bond donors (Lipinski definition) is 0. The van der Waals surface area contributed by atoms with E-state index in [-0.39, 0.29) is 15.6 Å². The maximum Gasteiger partial charge on any atom is 0.208 e. The van der Waals surface area contributed by atoms with Crippen LogP contribution in [0.15, 0.2) is 94.7 Å². The Kier molecular flexibility index (Phi) is 3.89. The first kappa shape index (κ1) is 18.9. The van der Waals surface area contributed by atoms with Gasteiger partial charge in [-0.05, 0) is 48.9 Å². The van der Waals surface area contributed by atoms with Crippen molar-refractivity contribution in [3.05, 3.63) is 102 Å². The van der Waals surface area contributed by atoms with Crippen LogP contribution in [0.1, 0.15) is 21.5 Å². The lowest BCUT2D eigenvalue weighted by atomic mass is 9.82. The van der Waals surface area contributed by atoms with Gasteiger partial charge in [0.15, 0.2) is 5.78 Å². The molecule has 0 bridgehead atoms. The highest BCUT2D eigenvalue weighted by molar-refractivity contribution is 7.91. The molecular formula is C27H17NO3S. The number of aryl methyl sites for hydroxylation is 1. The summed E-state index contributed by atoms with van der Waals surface area (Å²) >= 11 is 0. The second kappa shape index (κ2) is 6.58. The molecule has 0 fully saturated rings. The second-order valence-electron chi connectivity index (χ2n) is 8.03. The third kappa shape index (κ3) is 2.52. The van der Waals surface area contributed by atoms with Crippen LogP contribution in [0, 0.1) is 6.92 Å². The summed E-state index contributed by atoms with van der Waals surface area (Å²) in [5.74, 6) is -0.115. The molecule has 0 saturated carbocycles. The number of benzene rings is 4. The molecule has 0 atom stereocenters. The molecule has 0 unspecified atom stereocenters. The van der Waals surface area contributed by atoms with Crippen molar-refractivity contribution >= 4 is 37.4 Å². The van der Waals surface area contributed by atoms with Crippen molar-refractivity contribution in [2.45, 2.75) is 16.7 Å². The molecule has 0 spiro atoms. The van der Waals surface area contributed by atoms with E-state index in [1.54, 1.807) is 36.4 Å². The zero-order valence-electron chi connectivity index (χ0n) is 17.2. The molecule has 1 aromatic heterocycles. The average molecular weight is 436 g/mol. The molecular weight excluding hydrogens is 418 g/mol. The van der Waals surface area contributed by atoms with Crippen molar-refractivity contribution in [2.24, 2.45) is 0 Å². The van der Waals surface area contributed by atoms with Gasteiger partial charge in [0.05, 0.1) is 20.8 Å². The fourth-order valence-corrected chi connectivity index (χ4v) is 6.01. The van der Waals surface area contributed by atoms with E-state index < -0.39 is 9.84 Å². The van der Waals surface area contributed by atoms with E-state index in [9.17, 15) is 13.2 Å². The first-order chi connectivity index (χ1) is 15.5. The summed E-state index contributed by atoms with van der Waals surface area (Å²) in [6, 6.07) is 24.9. The molecule has 1 aliphatic carbocycles. The Bertz CT molecular complexity index is 1700. The van der Waals surface area contributed by atoms with Gasteiger partial charge in [0.2, 0.25) is 9.84 Å². The lowest BCUT2D eigenvalue weighted by Crippen LogP contribution is -2.13. The average Bonchev–Trinajstić information content (AvgIpc) is 2.82. The highest BCUT2D eigenvalue weighted by Gasteiger charge is 2.31.